The average Bonchev–Trinajstić information content (AvgIpc) is 2.92. The number of hydrogen-bond acceptors (Lipinski definition) is 2. The van der Waals surface area contributed by atoms with Gasteiger partial charge in [-0.25, -0.2) is 4.98 Å². The largest absolute Gasteiger partial charge is 0.355 e. The van der Waals surface area contributed by atoms with Crippen molar-refractivity contribution >= 4 is 5.91 Å². The molecule has 4 heteroatoms. The lowest BCUT2D eigenvalue weighted by Gasteiger charge is -2.01. The van der Waals surface area contributed by atoms with Crippen LogP contribution in [0.1, 0.15) is 18.5 Å². The highest BCUT2D eigenvalue weighted by molar-refractivity contribution is 5.80. The molecule has 1 N–H and O–H groups in total. The van der Waals surface area contributed by atoms with Gasteiger partial charge in [-0.05, 0) is 12.8 Å². The van der Waals surface area contributed by atoms with E-state index in [1.54, 1.807) is 6.33 Å². The molecule has 0 bridgehead atoms. The third-order valence-corrected chi connectivity index (χ3v) is 2.39. The maximum Gasteiger partial charge on any atom is 0.223 e. The molecule has 0 aromatic carbocycles. The van der Waals surface area contributed by atoms with Crippen molar-refractivity contribution in [1.29, 1.82) is 0 Å². The molecule has 1 aliphatic carbocycles. The Hall–Kier alpha value is -1.32. The first-order chi connectivity index (χ1) is 6.75. The zero-order chi connectivity index (χ0) is 9.97. The summed E-state index contributed by atoms with van der Waals surface area (Å²) in [7, 11) is 1.94. The number of amides is 1. The topological polar surface area (TPSA) is 46.9 Å². The van der Waals surface area contributed by atoms with Gasteiger partial charge in [0, 0.05) is 32.1 Å². The molecular formula is C10H15N3O. The Morgan fingerprint density at radius 3 is 3.07 bits per heavy atom. The molecule has 0 radical (unpaired) electrons. The maximum atomic E-state index is 11.3. The van der Waals surface area contributed by atoms with Crippen LogP contribution in [-0.4, -0.2) is 22.0 Å². The standard InChI is InChI=1S/C10H15N3O/c1-13-6-9(12-7-13)4-5-11-10(14)8-2-3-8/h6-8H,2-5H2,1H3,(H,11,14). The Morgan fingerprint density at radius 1 is 1.71 bits per heavy atom. The second-order valence-electron chi connectivity index (χ2n) is 3.85. The minimum absolute atomic E-state index is 0.209. The predicted molar refractivity (Wildman–Crippen MR) is 52.6 cm³/mol. The number of nitrogens with one attached hydrogen (secondary N) is 1. The summed E-state index contributed by atoms with van der Waals surface area (Å²) in [5.41, 5.74) is 1.03. The van der Waals surface area contributed by atoms with Crippen molar-refractivity contribution in [3.05, 3.63) is 18.2 Å². The summed E-state index contributed by atoms with van der Waals surface area (Å²) in [6.07, 6.45) is 6.70. The fourth-order valence-electron chi connectivity index (χ4n) is 1.40. The molecule has 4 nitrogen and oxygen atoms in total. The summed E-state index contributed by atoms with van der Waals surface area (Å²) >= 11 is 0. The molecule has 0 atom stereocenters. The van der Waals surface area contributed by atoms with E-state index in [1.807, 2.05) is 17.8 Å². The third kappa shape index (κ3) is 2.34. The molecule has 1 heterocycles. The van der Waals surface area contributed by atoms with Crippen molar-refractivity contribution in [3.8, 4) is 0 Å². The van der Waals surface area contributed by atoms with Crippen LogP contribution in [0.5, 0.6) is 0 Å². The Balaban J connectivity index is 1.69. The summed E-state index contributed by atoms with van der Waals surface area (Å²) in [5.74, 6) is 0.514. The van der Waals surface area contributed by atoms with E-state index < -0.39 is 0 Å². The maximum absolute atomic E-state index is 11.3. The highest BCUT2D eigenvalue weighted by atomic mass is 16.2. The lowest BCUT2D eigenvalue weighted by atomic mass is 10.3. The number of aryl methyl sites for hydroxylation is 1. The number of imidazole rings is 1. The first-order valence-corrected chi connectivity index (χ1v) is 5.00. The number of carbonyl (C=O) groups excluding carboxylic acids is 1. The van der Waals surface area contributed by atoms with E-state index >= 15 is 0 Å². The van der Waals surface area contributed by atoms with Gasteiger partial charge in [0.25, 0.3) is 0 Å². The molecule has 1 saturated carbocycles. The van der Waals surface area contributed by atoms with Gasteiger partial charge in [0.2, 0.25) is 5.91 Å². The molecule has 1 amide bonds. The van der Waals surface area contributed by atoms with Gasteiger partial charge in [-0.15, -0.1) is 0 Å². The van der Waals surface area contributed by atoms with E-state index in [1.165, 1.54) is 0 Å². The van der Waals surface area contributed by atoms with Gasteiger partial charge in [-0.1, -0.05) is 0 Å². The van der Waals surface area contributed by atoms with E-state index in [0.717, 1.165) is 25.0 Å². The molecule has 2 rings (SSSR count). The van der Waals surface area contributed by atoms with Gasteiger partial charge < -0.3 is 9.88 Å². The number of nitrogens with zero attached hydrogens (tertiary/aromatic N) is 2. The zero-order valence-corrected chi connectivity index (χ0v) is 8.36. The van der Waals surface area contributed by atoms with Gasteiger partial charge in [0.15, 0.2) is 0 Å². The minimum Gasteiger partial charge on any atom is -0.355 e. The summed E-state index contributed by atoms with van der Waals surface area (Å²) in [4.78, 5) is 15.4. The summed E-state index contributed by atoms with van der Waals surface area (Å²) in [5, 5.41) is 2.91. The van der Waals surface area contributed by atoms with Gasteiger partial charge in [-0.2, -0.15) is 0 Å². The third-order valence-electron chi connectivity index (χ3n) is 2.39. The molecular weight excluding hydrogens is 178 g/mol. The second-order valence-corrected chi connectivity index (χ2v) is 3.85. The van der Waals surface area contributed by atoms with Crippen LogP contribution in [-0.2, 0) is 18.3 Å². The normalized spacial score (nSPS) is 15.5. The first kappa shape index (κ1) is 9.24. The molecule has 1 fully saturated rings. The molecule has 0 unspecified atom stereocenters. The molecule has 1 aromatic rings. The summed E-state index contributed by atoms with van der Waals surface area (Å²) in [6, 6.07) is 0. The van der Waals surface area contributed by atoms with Crippen LogP contribution in [0.2, 0.25) is 0 Å². The number of hydrogen-bond donors (Lipinski definition) is 1. The van der Waals surface area contributed by atoms with Crippen molar-refractivity contribution in [2.75, 3.05) is 6.54 Å². The lowest BCUT2D eigenvalue weighted by Crippen LogP contribution is -2.26. The van der Waals surface area contributed by atoms with E-state index in [2.05, 4.69) is 10.3 Å². The van der Waals surface area contributed by atoms with Crippen LogP contribution < -0.4 is 5.32 Å². The van der Waals surface area contributed by atoms with E-state index in [-0.39, 0.29) is 5.91 Å². The Morgan fingerprint density at radius 2 is 2.50 bits per heavy atom. The van der Waals surface area contributed by atoms with Crippen molar-refractivity contribution in [2.24, 2.45) is 13.0 Å². The fraction of sp³-hybridized carbons (Fsp3) is 0.600. The van der Waals surface area contributed by atoms with Gasteiger partial charge in [0.1, 0.15) is 0 Å². The van der Waals surface area contributed by atoms with Crippen molar-refractivity contribution < 1.29 is 4.79 Å². The lowest BCUT2D eigenvalue weighted by molar-refractivity contribution is -0.122. The number of rotatable bonds is 4. The first-order valence-electron chi connectivity index (χ1n) is 5.00. The SMILES string of the molecule is Cn1cnc(CCNC(=O)C2CC2)c1. The molecule has 1 aliphatic rings. The Bertz CT molecular complexity index is 328. The smallest absolute Gasteiger partial charge is 0.223 e. The molecule has 14 heavy (non-hydrogen) atoms. The molecule has 0 aliphatic heterocycles. The molecule has 76 valence electrons. The minimum atomic E-state index is 0.209. The van der Waals surface area contributed by atoms with Crippen LogP contribution in [0, 0.1) is 5.92 Å². The highest BCUT2D eigenvalue weighted by Gasteiger charge is 2.28. The van der Waals surface area contributed by atoms with Gasteiger partial charge >= 0.3 is 0 Å². The highest BCUT2D eigenvalue weighted by Crippen LogP contribution is 2.28. The van der Waals surface area contributed by atoms with Gasteiger partial charge in [0.05, 0.1) is 12.0 Å². The van der Waals surface area contributed by atoms with Crippen molar-refractivity contribution in [2.45, 2.75) is 19.3 Å². The van der Waals surface area contributed by atoms with Crippen molar-refractivity contribution in [3.63, 3.8) is 0 Å². The van der Waals surface area contributed by atoms with Gasteiger partial charge in [-0.3, -0.25) is 4.79 Å². The Labute approximate surface area is 83.3 Å². The van der Waals surface area contributed by atoms with Crippen LogP contribution >= 0.6 is 0 Å². The average molecular weight is 193 g/mol. The zero-order valence-electron chi connectivity index (χ0n) is 8.36. The Kier molecular flexibility index (Phi) is 2.52. The summed E-state index contributed by atoms with van der Waals surface area (Å²) < 4.78 is 1.91. The number of aromatic nitrogens is 2. The van der Waals surface area contributed by atoms with Crippen LogP contribution in [0.25, 0.3) is 0 Å². The molecule has 0 spiro atoms. The van der Waals surface area contributed by atoms with Crippen LogP contribution in [0.3, 0.4) is 0 Å². The second kappa shape index (κ2) is 3.82. The van der Waals surface area contributed by atoms with E-state index in [9.17, 15) is 4.79 Å². The van der Waals surface area contributed by atoms with Crippen molar-refractivity contribution in [1.82, 2.24) is 14.9 Å². The van der Waals surface area contributed by atoms with Crippen LogP contribution in [0.15, 0.2) is 12.5 Å². The van der Waals surface area contributed by atoms with E-state index in [0.29, 0.717) is 12.5 Å². The summed E-state index contributed by atoms with van der Waals surface area (Å²) in [6.45, 7) is 0.701. The van der Waals surface area contributed by atoms with Crippen LogP contribution in [0.4, 0.5) is 0 Å². The predicted octanol–water partition coefficient (Wildman–Crippen LogP) is 0.489. The molecule has 1 aromatic heterocycles. The fourth-order valence-corrected chi connectivity index (χ4v) is 1.40. The molecule has 0 saturated heterocycles. The monoisotopic (exact) mass is 193 g/mol. The number of carbonyl (C=O) groups is 1. The van der Waals surface area contributed by atoms with E-state index in [4.69, 9.17) is 0 Å². The quantitative estimate of drug-likeness (QED) is 0.756.